The normalized spacial score (nSPS) is 10.8. The van der Waals surface area contributed by atoms with Gasteiger partial charge in [-0.3, -0.25) is 0 Å². The number of rotatable bonds is 7. The first-order valence-corrected chi connectivity index (χ1v) is 9.64. The van der Waals surface area contributed by atoms with Crippen LogP contribution in [0.5, 0.6) is 17.2 Å². The Morgan fingerprint density at radius 2 is 1.80 bits per heavy atom. The van der Waals surface area contributed by atoms with Crippen molar-refractivity contribution >= 4 is 27.5 Å². The fourth-order valence-electron chi connectivity index (χ4n) is 2.83. The van der Waals surface area contributed by atoms with Crippen molar-refractivity contribution in [3.8, 4) is 28.7 Å². The van der Waals surface area contributed by atoms with Crippen LogP contribution in [-0.2, 0) is 11.3 Å². The predicted molar refractivity (Wildman–Crippen MR) is 108 cm³/mol. The number of methoxy groups -OCH3 is 3. The lowest BCUT2D eigenvalue weighted by atomic mass is 10.2. The van der Waals surface area contributed by atoms with E-state index in [0.29, 0.717) is 28.4 Å². The number of hydrogen-bond donors (Lipinski definition) is 0. The monoisotopic (exact) mass is 427 g/mol. The second-order valence-electron chi connectivity index (χ2n) is 6.03. The van der Waals surface area contributed by atoms with Crippen LogP contribution in [0, 0.1) is 0 Å². The van der Waals surface area contributed by atoms with E-state index in [4.69, 9.17) is 23.4 Å². The quantitative estimate of drug-likeness (QED) is 0.408. The van der Waals surface area contributed by atoms with Gasteiger partial charge in [-0.05, 0) is 30.3 Å². The summed E-state index contributed by atoms with van der Waals surface area (Å²) in [4.78, 5) is 16.5. The molecule has 0 spiro atoms. The van der Waals surface area contributed by atoms with Crippen LogP contribution in [0.4, 0.5) is 0 Å². The number of aromatic nitrogens is 3. The van der Waals surface area contributed by atoms with Crippen molar-refractivity contribution in [2.24, 2.45) is 0 Å². The minimum Gasteiger partial charge on any atom is -0.493 e. The predicted octanol–water partition coefficient (Wildman–Crippen LogP) is 3.73. The molecule has 2 heterocycles. The Morgan fingerprint density at radius 1 is 1.03 bits per heavy atom. The van der Waals surface area contributed by atoms with Gasteiger partial charge in [0.05, 0.1) is 42.6 Å². The number of thiazole rings is 1. The first kappa shape index (κ1) is 19.6. The van der Waals surface area contributed by atoms with Gasteiger partial charge in [0.15, 0.2) is 18.1 Å². The Bertz CT molecular complexity index is 1180. The first-order chi connectivity index (χ1) is 14.6. The van der Waals surface area contributed by atoms with Gasteiger partial charge < -0.3 is 23.4 Å². The molecule has 4 rings (SSSR count). The van der Waals surface area contributed by atoms with Gasteiger partial charge in [-0.2, -0.15) is 0 Å². The molecular weight excluding hydrogens is 410 g/mol. The highest BCUT2D eigenvalue weighted by Gasteiger charge is 2.18. The molecule has 0 aliphatic rings. The van der Waals surface area contributed by atoms with E-state index in [-0.39, 0.29) is 18.4 Å². The van der Waals surface area contributed by atoms with E-state index in [2.05, 4.69) is 15.2 Å². The maximum Gasteiger partial charge on any atom is 0.338 e. The van der Waals surface area contributed by atoms with E-state index in [1.54, 1.807) is 35.8 Å². The fourth-order valence-corrected chi connectivity index (χ4v) is 3.54. The zero-order valence-corrected chi connectivity index (χ0v) is 17.2. The second kappa shape index (κ2) is 8.37. The molecular formula is C20H17N3O6S. The Balaban J connectivity index is 1.49. The Labute approximate surface area is 175 Å². The SMILES string of the molecule is COc1cc(-c2nnc(COC(=O)c3ccc4ncsc4c3)o2)cc(OC)c1OC. The van der Waals surface area contributed by atoms with Crippen LogP contribution in [0.3, 0.4) is 0 Å². The van der Waals surface area contributed by atoms with Gasteiger partial charge in [-0.25, -0.2) is 9.78 Å². The van der Waals surface area contributed by atoms with Crippen molar-refractivity contribution in [2.75, 3.05) is 21.3 Å². The van der Waals surface area contributed by atoms with Crippen molar-refractivity contribution in [1.82, 2.24) is 15.2 Å². The molecule has 0 aliphatic heterocycles. The number of esters is 1. The van der Waals surface area contributed by atoms with Crippen molar-refractivity contribution in [2.45, 2.75) is 6.61 Å². The maximum absolute atomic E-state index is 12.3. The van der Waals surface area contributed by atoms with Crippen LogP contribution >= 0.6 is 11.3 Å². The van der Waals surface area contributed by atoms with Crippen LogP contribution in [-0.4, -0.2) is 42.5 Å². The van der Waals surface area contributed by atoms with Crippen molar-refractivity contribution in [3.63, 3.8) is 0 Å². The van der Waals surface area contributed by atoms with E-state index < -0.39 is 5.97 Å². The molecule has 0 N–H and O–H groups in total. The molecule has 0 aliphatic carbocycles. The van der Waals surface area contributed by atoms with Gasteiger partial charge in [-0.1, -0.05) is 0 Å². The molecule has 9 nitrogen and oxygen atoms in total. The number of carbonyl (C=O) groups is 1. The Hall–Kier alpha value is -3.66. The van der Waals surface area contributed by atoms with Crippen LogP contribution < -0.4 is 14.2 Å². The first-order valence-electron chi connectivity index (χ1n) is 8.76. The van der Waals surface area contributed by atoms with E-state index in [0.717, 1.165) is 10.2 Å². The molecule has 4 aromatic rings. The summed E-state index contributed by atoms with van der Waals surface area (Å²) in [5.74, 6) is 1.26. The minimum absolute atomic E-state index is 0.156. The van der Waals surface area contributed by atoms with Gasteiger partial charge in [0, 0.05) is 5.56 Å². The third kappa shape index (κ3) is 3.77. The average Bonchev–Trinajstić information content (AvgIpc) is 3.45. The van der Waals surface area contributed by atoms with E-state index in [9.17, 15) is 4.79 Å². The summed E-state index contributed by atoms with van der Waals surface area (Å²) in [6, 6.07) is 8.56. The maximum atomic E-state index is 12.3. The molecule has 0 bridgehead atoms. The summed E-state index contributed by atoms with van der Waals surface area (Å²) in [7, 11) is 4.55. The van der Waals surface area contributed by atoms with Gasteiger partial charge in [0.25, 0.3) is 5.89 Å². The lowest BCUT2D eigenvalue weighted by molar-refractivity contribution is 0.0439. The summed E-state index contributed by atoms with van der Waals surface area (Å²) < 4.78 is 27.8. The van der Waals surface area contributed by atoms with Crippen molar-refractivity contribution in [3.05, 3.63) is 47.3 Å². The second-order valence-corrected chi connectivity index (χ2v) is 6.91. The molecule has 154 valence electrons. The third-order valence-electron chi connectivity index (χ3n) is 4.27. The van der Waals surface area contributed by atoms with Crippen LogP contribution in [0.15, 0.2) is 40.3 Å². The molecule has 2 aromatic heterocycles. The standard InChI is InChI=1S/C20H17N3O6S/c1-25-14-6-12(7-15(26-2)18(14)27-3)19-23-22-17(29-19)9-28-20(24)11-4-5-13-16(8-11)30-10-21-13/h4-8,10H,9H2,1-3H3. The summed E-state index contributed by atoms with van der Waals surface area (Å²) in [6.07, 6.45) is 0. The molecule has 30 heavy (non-hydrogen) atoms. The zero-order valence-electron chi connectivity index (χ0n) is 16.4. The van der Waals surface area contributed by atoms with Gasteiger partial charge in [-0.15, -0.1) is 21.5 Å². The summed E-state index contributed by atoms with van der Waals surface area (Å²) in [6.45, 7) is -0.156. The number of carbonyl (C=O) groups excluding carboxylic acids is 1. The highest BCUT2D eigenvalue weighted by atomic mass is 32.1. The summed E-state index contributed by atoms with van der Waals surface area (Å²) >= 11 is 1.45. The molecule has 0 amide bonds. The van der Waals surface area contributed by atoms with E-state index in [1.807, 2.05) is 0 Å². The molecule has 0 radical (unpaired) electrons. The molecule has 0 atom stereocenters. The number of fused-ring (bicyclic) bond motifs is 1. The van der Waals surface area contributed by atoms with Crippen LogP contribution in [0.2, 0.25) is 0 Å². The lowest BCUT2D eigenvalue weighted by Crippen LogP contribution is -2.05. The lowest BCUT2D eigenvalue weighted by Gasteiger charge is -2.12. The molecule has 0 unspecified atom stereocenters. The smallest absolute Gasteiger partial charge is 0.338 e. The topological polar surface area (TPSA) is 106 Å². The van der Waals surface area contributed by atoms with E-state index >= 15 is 0 Å². The number of hydrogen-bond acceptors (Lipinski definition) is 10. The summed E-state index contributed by atoms with van der Waals surface area (Å²) in [5, 5.41) is 7.95. The van der Waals surface area contributed by atoms with Gasteiger partial charge >= 0.3 is 5.97 Å². The van der Waals surface area contributed by atoms with Gasteiger partial charge in [0.2, 0.25) is 11.6 Å². The molecule has 10 heteroatoms. The van der Waals surface area contributed by atoms with Gasteiger partial charge in [0.1, 0.15) is 0 Å². The van der Waals surface area contributed by atoms with Crippen LogP contribution in [0.25, 0.3) is 21.7 Å². The molecule has 0 fully saturated rings. The number of ether oxygens (including phenoxy) is 4. The van der Waals surface area contributed by atoms with Crippen molar-refractivity contribution < 1.29 is 28.2 Å². The average molecular weight is 427 g/mol. The molecule has 0 saturated heterocycles. The highest BCUT2D eigenvalue weighted by molar-refractivity contribution is 7.16. The Kier molecular flexibility index (Phi) is 5.48. The zero-order chi connectivity index (χ0) is 21.1. The number of nitrogens with zero attached hydrogens (tertiary/aromatic N) is 3. The number of benzene rings is 2. The minimum atomic E-state index is -0.488. The molecule has 2 aromatic carbocycles. The molecule has 0 saturated carbocycles. The largest absolute Gasteiger partial charge is 0.493 e. The van der Waals surface area contributed by atoms with E-state index in [1.165, 1.54) is 32.7 Å². The third-order valence-corrected chi connectivity index (χ3v) is 5.06. The fraction of sp³-hybridized carbons (Fsp3) is 0.200. The van der Waals surface area contributed by atoms with Crippen LogP contribution in [0.1, 0.15) is 16.2 Å². The summed E-state index contributed by atoms with van der Waals surface area (Å²) in [5.41, 5.74) is 3.56. The Morgan fingerprint density at radius 3 is 2.50 bits per heavy atom. The highest BCUT2D eigenvalue weighted by Crippen LogP contribution is 2.40. The van der Waals surface area contributed by atoms with Crippen molar-refractivity contribution in [1.29, 1.82) is 0 Å².